The maximum atomic E-state index is 13.1. The number of carbonyl (C=O) groups is 1. The highest BCUT2D eigenvalue weighted by Gasteiger charge is 2.34. The van der Waals surface area contributed by atoms with Gasteiger partial charge in [-0.05, 0) is 48.0 Å². The van der Waals surface area contributed by atoms with Gasteiger partial charge in [0.2, 0.25) is 0 Å². The fraction of sp³-hybridized carbons (Fsp3) is 0.136. The maximum Gasteiger partial charge on any atom is 0.257 e. The molecule has 2 aromatic carbocycles. The quantitative estimate of drug-likeness (QED) is 0.324. The summed E-state index contributed by atoms with van der Waals surface area (Å²) in [5, 5.41) is 7.70. The molecule has 1 aliphatic rings. The molecule has 0 radical (unpaired) electrons. The summed E-state index contributed by atoms with van der Waals surface area (Å²) in [7, 11) is 0. The van der Waals surface area contributed by atoms with Gasteiger partial charge in [-0.15, -0.1) is 0 Å². The van der Waals surface area contributed by atoms with Gasteiger partial charge in [0.1, 0.15) is 17.0 Å². The fourth-order valence-electron chi connectivity index (χ4n) is 3.41. The topological polar surface area (TPSA) is 71.8 Å². The van der Waals surface area contributed by atoms with E-state index in [0.717, 1.165) is 11.3 Å². The Hall–Kier alpha value is -2.74. The van der Waals surface area contributed by atoms with Gasteiger partial charge in [-0.3, -0.25) is 4.79 Å². The number of halogens is 2. The highest BCUT2D eigenvalue weighted by molar-refractivity contribution is 7.99. The molecule has 0 saturated carbocycles. The number of carbonyl (C=O) groups excluding carboxylic acids is 1. The van der Waals surface area contributed by atoms with Crippen molar-refractivity contribution in [3.05, 3.63) is 82.2 Å². The van der Waals surface area contributed by atoms with E-state index in [-0.39, 0.29) is 17.7 Å². The van der Waals surface area contributed by atoms with E-state index in [1.54, 1.807) is 30.5 Å². The molecule has 1 amide bonds. The number of aromatic nitrogens is 1. The second-order valence-corrected chi connectivity index (χ2v) is 8.71. The predicted octanol–water partition coefficient (Wildman–Crippen LogP) is 6.20. The van der Waals surface area contributed by atoms with Crippen LogP contribution in [0.5, 0.6) is 0 Å². The molecule has 156 valence electrons. The molecule has 0 aliphatic carbocycles. The number of furan rings is 1. The largest absolute Gasteiger partial charge is 0.463 e. The Morgan fingerprint density at radius 2 is 1.94 bits per heavy atom. The number of hydrogen-bond donors (Lipinski definition) is 0. The number of oxazole rings is 1. The lowest BCUT2D eigenvalue weighted by atomic mass is 10.0. The maximum absolute atomic E-state index is 13.1. The number of benzene rings is 2. The van der Waals surface area contributed by atoms with Crippen LogP contribution in [0, 0.1) is 0 Å². The van der Waals surface area contributed by atoms with E-state index in [1.165, 1.54) is 16.8 Å². The van der Waals surface area contributed by atoms with E-state index < -0.39 is 0 Å². The standard InChI is InChI=1S/C22H15Cl2N3O3S/c23-14-5-3-13(4-6-14)18-11-17(19-2-1-9-29-19)26-27(18)21(28)12-31-22-25-16-10-15(24)7-8-20(16)30-22/h1-10,18H,11-12H2/t18-/m1/s1. The molecule has 9 heteroatoms. The Morgan fingerprint density at radius 3 is 2.71 bits per heavy atom. The monoisotopic (exact) mass is 471 g/mol. The second kappa shape index (κ2) is 8.42. The van der Waals surface area contributed by atoms with E-state index in [9.17, 15) is 4.79 Å². The van der Waals surface area contributed by atoms with Crippen molar-refractivity contribution >= 4 is 57.7 Å². The molecule has 1 atom stereocenters. The van der Waals surface area contributed by atoms with Crippen LogP contribution in [-0.2, 0) is 4.79 Å². The molecular formula is C22H15Cl2N3O3S. The zero-order valence-corrected chi connectivity index (χ0v) is 18.3. The predicted molar refractivity (Wildman–Crippen MR) is 121 cm³/mol. The molecular weight excluding hydrogens is 457 g/mol. The molecule has 2 aromatic heterocycles. The van der Waals surface area contributed by atoms with Crippen LogP contribution >= 0.6 is 35.0 Å². The first-order valence-electron chi connectivity index (χ1n) is 9.44. The average Bonchev–Trinajstić information content (AvgIpc) is 3.51. The molecule has 4 aromatic rings. The highest BCUT2D eigenvalue weighted by Crippen LogP contribution is 2.34. The first-order valence-corrected chi connectivity index (χ1v) is 11.2. The van der Waals surface area contributed by atoms with Crippen LogP contribution in [0.1, 0.15) is 23.8 Å². The van der Waals surface area contributed by atoms with Crippen molar-refractivity contribution in [2.45, 2.75) is 17.7 Å². The SMILES string of the molecule is O=C(CSc1nc2cc(Cl)ccc2o1)N1N=C(c2ccco2)C[C@@H]1c1ccc(Cl)cc1. The number of nitrogens with zero attached hydrogens (tertiary/aromatic N) is 3. The summed E-state index contributed by atoms with van der Waals surface area (Å²) in [6, 6.07) is 16.0. The van der Waals surface area contributed by atoms with Gasteiger partial charge in [0.05, 0.1) is 18.1 Å². The molecule has 0 fully saturated rings. The first-order chi connectivity index (χ1) is 15.1. The zero-order valence-electron chi connectivity index (χ0n) is 16.0. The molecule has 5 rings (SSSR count). The lowest BCUT2D eigenvalue weighted by Crippen LogP contribution is -2.28. The first kappa shape index (κ1) is 20.2. The number of hydrazone groups is 1. The lowest BCUT2D eigenvalue weighted by Gasteiger charge is -2.21. The van der Waals surface area contributed by atoms with Crippen LogP contribution in [0.3, 0.4) is 0 Å². The molecule has 0 spiro atoms. The van der Waals surface area contributed by atoms with E-state index >= 15 is 0 Å². The van der Waals surface area contributed by atoms with Crippen molar-refractivity contribution in [3.63, 3.8) is 0 Å². The summed E-state index contributed by atoms with van der Waals surface area (Å²) in [5.74, 6) is 0.615. The molecule has 3 heterocycles. The van der Waals surface area contributed by atoms with Crippen LogP contribution < -0.4 is 0 Å². The van der Waals surface area contributed by atoms with Gasteiger partial charge in [0.15, 0.2) is 5.58 Å². The van der Waals surface area contributed by atoms with Gasteiger partial charge in [0.25, 0.3) is 11.1 Å². The smallest absolute Gasteiger partial charge is 0.257 e. The zero-order chi connectivity index (χ0) is 21.4. The molecule has 0 bridgehead atoms. The summed E-state index contributed by atoms with van der Waals surface area (Å²) in [5.41, 5.74) is 2.95. The number of amides is 1. The molecule has 0 saturated heterocycles. The van der Waals surface area contributed by atoms with E-state index in [2.05, 4.69) is 10.1 Å². The number of thioether (sulfide) groups is 1. The minimum absolute atomic E-state index is 0.125. The Bertz CT molecular complexity index is 1270. The Labute approximate surface area is 191 Å². The summed E-state index contributed by atoms with van der Waals surface area (Å²) in [4.78, 5) is 17.5. The third-order valence-corrected chi connectivity index (χ3v) is 6.18. The fourth-order valence-corrected chi connectivity index (χ4v) is 4.39. The normalized spacial score (nSPS) is 16.1. The van der Waals surface area contributed by atoms with Crippen LogP contribution in [0.15, 0.2) is 80.0 Å². The summed E-state index contributed by atoms with van der Waals surface area (Å²) >= 11 is 13.3. The third-order valence-electron chi connectivity index (χ3n) is 4.88. The van der Waals surface area contributed by atoms with Crippen molar-refractivity contribution in [2.24, 2.45) is 5.10 Å². The van der Waals surface area contributed by atoms with Gasteiger partial charge in [0, 0.05) is 16.5 Å². The number of rotatable bonds is 5. The van der Waals surface area contributed by atoms with Gasteiger partial charge in [-0.2, -0.15) is 5.10 Å². The van der Waals surface area contributed by atoms with Crippen LogP contribution in [-0.4, -0.2) is 27.4 Å². The summed E-state index contributed by atoms with van der Waals surface area (Å²) in [6.07, 6.45) is 2.14. The van der Waals surface area contributed by atoms with Crippen LogP contribution in [0.2, 0.25) is 10.0 Å². The molecule has 31 heavy (non-hydrogen) atoms. The average molecular weight is 472 g/mol. The van der Waals surface area contributed by atoms with Crippen molar-refractivity contribution in [2.75, 3.05) is 5.75 Å². The van der Waals surface area contributed by atoms with E-state index in [0.29, 0.717) is 38.5 Å². The molecule has 0 N–H and O–H groups in total. The molecule has 6 nitrogen and oxygen atoms in total. The lowest BCUT2D eigenvalue weighted by molar-refractivity contribution is -0.130. The second-order valence-electron chi connectivity index (χ2n) is 6.91. The van der Waals surface area contributed by atoms with Crippen molar-refractivity contribution in [1.29, 1.82) is 0 Å². The summed E-state index contributed by atoms with van der Waals surface area (Å²) in [6.45, 7) is 0. The Kier molecular flexibility index (Phi) is 5.48. The number of hydrogen-bond acceptors (Lipinski definition) is 6. The van der Waals surface area contributed by atoms with Crippen molar-refractivity contribution in [1.82, 2.24) is 9.99 Å². The van der Waals surface area contributed by atoms with Gasteiger partial charge >= 0.3 is 0 Å². The minimum atomic E-state index is -0.243. The molecule has 1 aliphatic heterocycles. The Balaban J connectivity index is 1.37. The van der Waals surface area contributed by atoms with Crippen LogP contribution in [0.25, 0.3) is 11.1 Å². The highest BCUT2D eigenvalue weighted by atomic mass is 35.5. The summed E-state index contributed by atoms with van der Waals surface area (Å²) < 4.78 is 11.2. The van der Waals surface area contributed by atoms with Gasteiger partial charge in [-0.1, -0.05) is 47.1 Å². The van der Waals surface area contributed by atoms with Crippen molar-refractivity contribution in [3.8, 4) is 0 Å². The van der Waals surface area contributed by atoms with Gasteiger partial charge < -0.3 is 8.83 Å². The Morgan fingerprint density at radius 1 is 1.13 bits per heavy atom. The van der Waals surface area contributed by atoms with Crippen LogP contribution in [0.4, 0.5) is 0 Å². The van der Waals surface area contributed by atoms with E-state index in [4.69, 9.17) is 32.0 Å². The third kappa shape index (κ3) is 4.21. The minimum Gasteiger partial charge on any atom is -0.463 e. The molecule has 0 unspecified atom stereocenters. The van der Waals surface area contributed by atoms with Crippen molar-refractivity contribution < 1.29 is 13.6 Å². The number of fused-ring (bicyclic) bond motifs is 1. The van der Waals surface area contributed by atoms with Gasteiger partial charge in [-0.25, -0.2) is 9.99 Å². The van der Waals surface area contributed by atoms with E-state index in [1.807, 2.05) is 30.3 Å².